The minimum Gasteiger partial charge on any atom is -0.273 e. The number of hydrogen-bond acceptors (Lipinski definition) is 2. The van der Waals surface area contributed by atoms with E-state index in [9.17, 15) is 4.79 Å². The van der Waals surface area contributed by atoms with Crippen molar-refractivity contribution in [1.29, 1.82) is 5.26 Å². The molecule has 1 aromatic rings. The second-order valence-electron chi connectivity index (χ2n) is 4.52. The van der Waals surface area contributed by atoms with Crippen LogP contribution in [0.4, 0.5) is 0 Å². The summed E-state index contributed by atoms with van der Waals surface area (Å²) < 4.78 is 0. The molecule has 89 valence electrons. The van der Waals surface area contributed by atoms with Crippen molar-refractivity contribution < 1.29 is 4.79 Å². The van der Waals surface area contributed by atoms with Crippen molar-refractivity contribution in [1.82, 2.24) is 4.90 Å². The van der Waals surface area contributed by atoms with Crippen LogP contribution in [0.2, 0.25) is 0 Å². The van der Waals surface area contributed by atoms with Crippen LogP contribution in [0.15, 0.2) is 24.3 Å². The lowest BCUT2D eigenvalue weighted by atomic mass is 9.89. The van der Waals surface area contributed by atoms with Crippen molar-refractivity contribution in [3.8, 4) is 6.19 Å². The molecule has 0 aliphatic rings. The number of nitriles is 1. The van der Waals surface area contributed by atoms with E-state index in [1.807, 2.05) is 24.4 Å². The topological polar surface area (TPSA) is 44.1 Å². The molecule has 0 spiro atoms. The lowest BCUT2D eigenvalue weighted by molar-refractivity contribution is -0.129. The molecule has 1 aromatic carbocycles. The molecule has 0 fully saturated rings. The Labute approximate surface area is 103 Å². The Morgan fingerprint density at radius 1 is 1.59 bits per heavy atom. The number of carbonyl (C=O) groups excluding carboxylic acids is 1. The van der Waals surface area contributed by atoms with Crippen molar-refractivity contribution >= 4 is 5.91 Å². The van der Waals surface area contributed by atoms with Crippen LogP contribution >= 0.6 is 0 Å². The Balaban J connectivity index is 2.97. The maximum atomic E-state index is 12.1. The molecule has 0 saturated heterocycles. The van der Waals surface area contributed by atoms with Gasteiger partial charge in [0.15, 0.2) is 6.19 Å². The van der Waals surface area contributed by atoms with Gasteiger partial charge in [0.2, 0.25) is 5.91 Å². The van der Waals surface area contributed by atoms with Gasteiger partial charge in [-0.1, -0.05) is 38.1 Å². The highest BCUT2D eigenvalue weighted by Gasteiger charge is 2.24. The van der Waals surface area contributed by atoms with Crippen LogP contribution < -0.4 is 0 Å². The van der Waals surface area contributed by atoms with Crippen LogP contribution in [-0.2, 0) is 4.79 Å². The minimum atomic E-state index is -0.253. The van der Waals surface area contributed by atoms with Crippen LogP contribution in [0, 0.1) is 23.4 Å². The van der Waals surface area contributed by atoms with Gasteiger partial charge in [-0.05, 0) is 24.0 Å². The first-order valence-electron chi connectivity index (χ1n) is 5.69. The number of carbonyl (C=O) groups is 1. The molecule has 1 radical (unpaired) electrons. The molecule has 3 heteroatoms. The summed E-state index contributed by atoms with van der Waals surface area (Å²) >= 11 is 0. The summed E-state index contributed by atoms with van der Waals surface area (Å²) in [5, 5.41) is 8.78. The van der Waals surface area contributed by atoms with Crippen molar-refractivity contribution in [3.05, 3.63) is 35.9 Å². The van der Waals surface area contributed by atoms with Crippen LogP contribution in [0.25, 0.3) is 0 Å². The third kappa shape index (κ3) is 3.60. The molecule has 0 aromatic heterocycles. The Morgan fingerprint density at radius 2 is 2.29 bits per heavy atom. The Kier molecular flexibility index (Phi) is 4.71. The largest absolute Gasteiger partial charge is 0.273 e. The monoisotopic (exact) mass is 229 g/mol. The predicted molar refractivity (Wildman–Crippen MR) is 65.9 cm³/mol. The summed E-state index contributed by atoms with van der Waals surface area (Å²) in [6, 6.07) is 10.4. The fourth-order valence-corrected chi connectivity index (χ4v) is 1.76. The minimum absolute atomic E-state index is 0.152. The molecule has 0 heterocycles. The number of likely N-dealkylation sites (N-methyl/N-ethyl adjacent to an activating group) is 1. The van der Waals surface area contributed by atoms with E-state index < -0.39 is 0 Å². The Hall–Kier alpha value is -1.82. The normalized spacial score (nSPS) is 11.9. The molecule has 0 saturated carbocycles. The predicted octanol–water partition coefficient (Wildman–Crippen LogP) is 2.56. The van der Waals surface area contributed by atoms with Gasteiger partial charge in [0.1, 0.15) is 0 Å². The van der Waals surface area contributed by atoms with Crippen molar-refractivity contribution in [2.24, 2.45) is 5.92 Å². The van der Waals surface area contributed by atoms with E-state index in [2.05, 4.69) is 19.9 Å². The first-order chi connectivity index (χ1) is 8.06. The number of rotatable bonds is 4. The van der Waals surface area contributed by atoms with Crippen LogP contribution in [-0.4, -0.2) is 17.9 Å². The molecule has 3 nitrogen and oxygen atoms in total. The molecule has 17 heavy (non-hydrogen) atoms. The zero-order valence-electron chi connectivity index (χ0n) is 10.5. The van der Waals surface area contributed by atoms with E-state index in [-0.39, 0.29) is 11.8 Å². The van der Waals surface area contributed by atoms with Crippen molar-refractivity contribution in [3.63, 3.8) is 0 Å². The lowest BCUT2D eigenvalue weighted by Crippen LogP contribution is -2.28. The second kappa shape index (κ2) is 6.05. The lowest BCUT2D eigenvalue weighted by Gasteiger charge is -2.20. The van der Waals surface area contributed by atoms with E-state index >= 15 is 0 Å². The van der Waals surface area contributed by atoms with Crippen LogP contribution in [0.5, 0.6) is 0 Å². The summed E-state index contributed by atoms with van der Waals surface area (Å²) in [6.45, 7) is 4.14. The molecule has 0 aliphatic carbocycles. The van der Waals surface area contributed by atoms with Gasteiger partial charge in [0.25, 0.3) is 0 Å². The first kappa shape index (κ1) is 13.2. The standard InChI is InChI=1S/C14H17N2O/c1-11(2)9-13(14(17)16(3)10-15)12-7-5-4-6-8-12/h4-5,7-8,11,13H,9H2,1-3H3. The highest BCUT2D eigenvalue weighted by molar-refractivity contribution is 5.84. The van der Waals surface area contributed by atoms with Crippen LogP contribution in [0.3, 0.4) is 0 Å². The Bertz CT molecular complexity index is 406. The van der Waals surface area contributed by atoms with Gasteiger partial charge in [-0.15, -0.1) is 0 Å². The summed E-state index contributed by atoms with van der Waals surface area (Å²) in [6.07, 6.45) is 2.60. The molecule has 1 rings (SSSR count). The summed E-state index contributed by atoms with van der Waals surface area (Å²) in [4.78, 5) is 13.2. The van der Waals surface area contributed by atoms with E-state index in [0.29, 0.717) is 5.92 Å². The van der Waals surface area contributed by atoms with Crippen LogP contribution in [0.1, 0.15) is 31.7 Å². The summed E-state index contributed by atoms with van der Waals surface area (Å²) in [5.41, 5.74) is 0.924. The summed E-state index contributed by atoms with van der Waals surface area (Å²) in [7, 11) is 1.50. The fraction of sp³-hybridized carbons (Fsp3) is 0.429. The van der Waals surface area contributed by atoms with Gasteiger partial charge >= 0.3 is 0 Å². The van der Waals surface area contributed by atoms with Gasteiger partial charge < -0.3 is 0 Å². The van der Waals surface area contributed by atoms with Gasteiger partial charge in [-0.25, -0.2) is 0 Å². The molecular formula is C14H17N2O. The summed E-state index contributed by atoms with van der Waals surface area (Å²) in [5.74, 6) is -0.00542. The van der Waals surface area contributed by atoms with E-state index in [0.717, 1.165) is 16.9 Å². The van der Waals surface area contributed by atoms with Gasteiger partial charge in [0.05, 0.1) is 5.92 Å². The highest BCUT2D eigenvalue weighted by atomic mass is 16.2. The van der Waals surface area contributed by atoms with Gasteiger partial charge in [-0.3, -0.25) is 9.69 Å². The van der Waals surface area contributed by atoms with E-state index in [4.69, 9.17) is 5.26 Å². The maximum Gasteiger partial charge on any atom is 0.242 e. The van der Waals surface area contributed by atoms with Gasteiger partial charge in [0, 0.05) is 7.05 Å². The molecule has 0 bridgehead atoms. The second-order valence-corrected chi connectivity index (χ2v) is 4.52. The van der Waals surface area contributed by atoms with Crippen molar-refractivity contribution in [2.45, 2.75) is 26.2 Å². The number of nitrogens with zero attached hydrogens (tertiary/aromatic N) is 2. The average Bonchev–Trinajstić information content (AvgIpc) is 2.35. The molecule has 0 N–H and O–H groups in total. The average molecular weight is 229 g/mol. The van der Waals surface area contributed by atoms with E-state index in [1.165, 1.54) is 7.05 Å². The molecule has 1 atom stereocenters. The molecule has 1 unspecified atom stereocenters. The smallest absolute Gasteiger partial charge is 0.242 e. The molecule has 1 amide bonds. The first-order valence-corrected chi connectivity index (χ1v) is 5.69. The van der Waals surface area contributed by atoms with E-state index in [1.54, 1.807) is 6.07 Å². The zero-order chi connectivity index (χ0) is 12.8. The third-order valence-corrected chi connectivity index (χ3v) is 2.62. The zero-order valence-corrected chi connectivity index (χ0v) is 10.5. The highest BCUT2D eigenvalue weighted by Crippen LogP contribution is 2.25. The van der Waals surface area contributed by atoms with Gasteiger partial charge in [-0.2, -0.15) is 5.26 Å². The SMILES string of the molecule is CC(C)CC(C(=O)N(C)C#N)c1c[c]ccc1. The number of amides is 1. The fourth-order valence-electron chi connectivity index (χ4n) is 1.76. The Morgan fingerprint density at radius 3 is 2.76 bits per heavy atom. The molecular weight excluding hydrogens is 212 g/mol. The molecule has 0 aliphatic heterocycles. The quantitative estimate of drug-likeness (QED) is 0.588. The number of hydrogen-bond donors (Lipinski definition) is 0. The third-order valence-electron chi connectivity index (χ3n) is 2.62. The number of benzene rings is 1. The maximum absolute atomic E-state index is 12.1. The van der Waals surface area contributed by atoms with Crippen molar-refractivity contribution in [2.75, 3.05) is 7.05 Å².